The van der Waals surface area contributed by atoms with Crippen LogP contribution in [-0.4, -0.2) is 33.1 Å². The van der Waals surface area contributed by atoms with Gasteiger partial charge >= 0.3 is 0 Å². The molecule has 3 aromatic rings. The number of hydrogen-bond acceptors (Lipinski definition) is 6. The van der Waals surface area contributed by atoms with E-state index in [1.807, 2.05) is 42.8 Å². The summed E-state index contributed by atoms with van der Waals surface area (Å²) in [5.41, 5.74) is 6.40. The molecule has 0 bridgehead atoms. The minimum absolute atomic E-state index is 0.0921. The molecule has 150 valence electrons. The Labute approximate surface area is 173 Å². The number of hydrogen-bond donors (Lipinski definition) is 2. The van der Waals surface area contributed by atoms with Crippen molar-refractivity contribution >= 4 is 23.4 Å². The highest BCUT2D eigenvalue weighted by atomic mass is 32.2. The number of aryl methyl sites for hydroxylation is 2. The number of carbonyl (C=O) groups excluding carboxylic acids is 1. The fourth-order valence-electron chi connectivity index (χ4n) is 3.24. The smallest absolute Gasteiger partial charge is 0.240 e. The molecule has 2 aromatic carbocycles. The molecule has 29 heavy (non-hydrogen) atoms. The zero-order chi connectivity index (χ0) is 20.4. The zero-order valence-corrected chi connectivity index (χ0v) is 17.4. The quantitative estimate of drug-likeness (QED) is 0.671. The summed E-state index contributed by atoms with van der Waals surface area (Å²) in [6.45, 7) is 4.08. The van der Waals surface area contributed by atoms with Gasteiger partial charge in [-0.05, 0) is 36.8 Å². The van der Waals surface area contributed by atoms with Crippen molar-refractivity contribution in [1.29, 1.82) is 0 Å². The van der Waals surface area contributed by atoms with Crippen molar-refractivity contribution < 1.29 is 9.53 Å². The molecule has 2 heterocycles. The molecule has 4 rings (SSSR count). The Hall–Kier alpha value is -3.00. The van der Waals surface area contributed by atoms with E-state index in [1.165, 1.54) is 17.3 Å². The number of thioether (sulfide) groups is 1. The molecule has 7 nitrogen and oxygen atoms in total. The molecule has 1 amide bonds. The highest BCUT2D eigenvalue weighted by molar-refractivity contribution is 8.00. The molecule has 0 spiro atoms. The van der Waals surface area contributed by atoms with Crippen LogP contribution in [0.5, 0.6) is 5.75 Å². The molecular weight excluding hydrogens is 386 g/mol. The molecule has 2 atom stereocenters. The van der Waals surface area contributed by atoms with Crippen LogP contribution in [0.3, 0.4) is 0 Å². The third-order valence-electron chi connectivity index (χ3n) is 4.87. The first-order valence-electron chi connectivity index (χ1n) is 9.48. The van der Waals surface area contributed by atoms with Crippen LogP contribution in [-0.2, 0) is 11.2 Å². The van der Waals surface area contributed by atoms with Crippen LogP contribution in [0.4, 0.5) is 5.69 Å². The van der Waals surface area contributed by atoms with Crippen molar-refractivity contribution in [2.45, 2.75) is 36.7 Å². The summed E-state index contributed by atoms with van der Waals surface area (Å²) in [5, 5.41) is 11.8. The van der Waals surface area contributed by atoms with Gasteiger partial charge in [0.2, 0.25) is 11.1 Å². The van der Waals surface area contributed by atoms with Gasteiger partial charge < -0.3 is 15.5 Å². The lowest BCUT2D eigenvalue weighted by atomic mass is 10.0. The van der Waals surface area contributed by atoms with Crippen LogP contribution in [0.2, 0.25) is 0 Å². The SMILES string of the molecule is CCc1nnc2n1N[C@@H](c1ccc(C)cc1)[C@@H](C(=O)Nc1ccc(OC)cc1)S2. The highest BCUT2D eigenvalue weighted by Gasteiger charge is 2.37. The summed E-state index contributed by atoms with van der Waals surface area (Å²) >= 11 is 1.43. The van der Waals surface area contributed by atoms with Crippen LogP contribution in [0.25, 0.3) is 0 Å². The molecule has 0 saturated carbocycles. The molecule has 0 fully saturated rings. The number of aromatic nitrogens is 3. The van der Waals surface area contributed by atoms with Gasteiger partial charge in [-0.25, -0.2) is 4.68 Å². The Morgan fingerprint density at radius 1 is 1.17 bits per heavy atom. The second-order valence-electron chi connectivity index (χ2n) is 6.86. The predicted octanol–water partition coefficient (Wildman–Crippen LogP) is 3.56. The van der Waals surface area contributed by atoms with Gasteiger partial charge in [-0.1, -0.05) is 48.5 Å². The Morgan fingerprint density at radius 3 is 2.55 bits per heavy atom. The first kappa shape index (κ1) is 19.3. The summed E-state index contributed by atoms with van der Waals surface area (Å²) in [6.07, 6.45) is 0.754. The van der Waals surface area contributed by atoms with E-state index in [0.717, 1.165) is 29.2 Å². The molecule has 0 aliphatic carbocycles. The van der Waals surface area contributed by atoms with Gasteiger partial charge in [0.1, 0.15) is 11.0 Å². The average Bonchev–Trinajstić information content (AvgIpc) is 3.16. The monoisotopic (exact) mass is 409 g/mol. The Morgan fingerprint density at radius 2 is 1.90 bits per heavy atom. The topological polar surface area (TPSA) is 81.1 Å². The van der Waals surface area contributed by atoms with Crippen molar-refractivity contribution in [3.8, 4) is 5.75 Å². The minimum atomic E-state index is -0.402. The molecule has 1 aliphatic rings. The Kier molecular flexibility index (Phi) is 5.44. The lowest BCUT2D eigenvalue weighted by molar-refractivity contribution is -0.116. The molecule has 1 aliphatic heterocycles. The van der Waals surface area contributed by atoms with Crippen molar-refractivity contribution in [3.05, 3.63) is 65.5 Å². The number of anilines is 1. The van der Waals surface area contributed by atoms with Crippen molar-refractivity contribution in [2.24, 2.45) is 0 Å². The largest absolute Gasteiger partial charge is 0.497 e. The molecule has 0 saturated heterocycles. The first-order chi connectivity index (χ1) is 14.1. The summed E-state index contributed by atoms with van der Waals surface area (Å²) in [6, 6.07) is 15.3. The molecule has 0 unspecified atom stereocenters. The maximum atomic E-state index is 13.2. The van der Waals surface area contributed by atoms with E-state index in [9.17, 15) is 4.79 Å². The van der Waals surface area contributed by atoms with Crippen LogP contribution in [0.1, 0.15) is 29.9 Å². The van der Waals surface area contributed by atoms with E-state index >= 15 is 0 Å². The Balaban J connectivity index is 1.63. The van der Waals surface area contributed by atoms with Gasteiger partial charge in [-0.2, -0.15) is 0 Å². The second kappa shape index (κ2) is 8.16. The van der Waals surface area contributed by atoms with Crippen molar-refractivity contribution in [1.82, 2.24) is 14.9 Å². The highest BCUT2D eigenvalue weighted by Crippen LogP contribution is 2.37. The van der Waals surface area contributed by atoms with Crippen molar-refractivity contribution in [2.75, 3.05) is 17.9 Å². The number of nitrogens with one attached hydrogen (secondary N) is 2. The summed E-state index contributed by atoms with van der Waals surface area (Å²) in [7, 11) is 1.62. The number of nitrogens with zero attached hydrogens (tertiary/aromatic N) is 3. The second-order valence-corrected chi connectivity index (χ2v) is 7.97. The maximum Gasteiger partial charge on any atom is 0.240 e. The first-order valence-corrected chi connectivity index (χ1v) is 10.4. The molecule has 8 heteroatoms. The van der Waals surface area contributed by atoms with Gasteiger partial charge in [0.05, 0.1) is 13.2 Å². The standard InChI is InChI=1S/C21H23N5O2S/c1-4-17-23-24-21-26(17)25-18(14-7-5-13(2)6-8-14)19(29-21)20(27)22-15-9-11-16(28-3)12-10-15/h5-12,18-19,25H,4H2,1-3H3,(H,22,27)/t18-,19-/m0/s1. The number of ether oxygens (including phenoxy) is 1. The van der Waals surface area contributed by atoms with Crippen LogP contribution < -0.4 is 15.5 Å². The molecule has 2 N–H and O–H groups in total. The van der Waals surface area contributed by atoms with E-state index < -0.39 is 5.25 Å². The van der Waals surface area contributed by atoms with Crippen LogP contribution in [0, 0.1) is 6.92 Å². The van der Waals surface area contributed by atoms with E-state index in [2.05, 4.69) is 45.2 Å². The lowest BCUT2D eigenvalue weighted by Gasteiger charge is -2.33. The number of carbonyl (C=O) groups is 1. The minimum Gasteiger partial charge on any atom is -0.497 e. The van der Waals surface area contributed by atoms with E-state index in [1.54, 1.807) is 7.11 Å². The normalized spacial score (nSPS) is 17.9. The zero-order valence-electron chi connectivity index (χ0n) is 16.5. The molecular formula is C21H23N5O2S. The lowest BCUT2D eigenvalue weighted by Crippen LogP contribution is -2.41. The summed E-state index contributed by atoms with van der Waals surface area (Å²) in [5.74, 6) is 1.50. The number of benzene rings is 2. The third-order valence-corrected chi connectivity index (χ3v) is 6.09. The fraction of sp³-hybridized carbons (Fsp3) is 0.286. The summed E-state index contributed by atoms with van der Waals surface area (Å²) in [4.78, 5) is 13.2. The molecule has 0 radical (unpaired) electrons. The van der Waals surface area contributed by atoms with Crippen molar-refractivity contribution in [3.63, 3.8) is 0 Å². The van der Waals surface area contributed by atoms with Gasteiger partial charge in [0, 0.05) is 12.1 Å². The van der Waals surface area contributed by atoms with Crippen LogP contribution in [0.15, 0.2) is 53.7 Å². The number of rotatable bonds is 5. The molecule has 1 aromatic heterocycles. The van der Waals surface area contributed by atoms with Gasteiger partial charge in [0.25, 0.3) is 0 Å². The summed E-state index contributed by atoms with van der Waals surface area (Å²) < 4.78 is 7.08. The van der Waals surface area contributed by atoms with E-state index in [0.29, 0.717) is 5.16 Å². The van der Waals surface area contributed by atoms with E-state index in [-0.39, 0.29) is 11.9 Å². The fourth-order valence-corrected chi connectivity index (χ4v) is 4.34. The van der Waals surface area contributed by atoms with Crippen LogP contribution >= 0.6 is 11.8 Å². The predicted molar refractivity (Wildman–Crippen MR) is 114 cm³/mol. The maximum absolute atomic E-state index is 13.2. The number of methoxy groups -OCH3 is 1. The Bertz CT molecular complexity index is 1000. The number of fused-ring (bicyclic) bond motifs is 1. The van der Waals surface area contributed by atoms with E-state index in [4.69, 9.17) is 4.74 Å². The number of amides is 1. The van der Waals surface area contributed by atoms with Gasteiger partial charge in [0.15, 0.2) is 5.82 Å². The third kappa shape index (κ3) is 3.93. The van der Waals surface area contributed by atoms with Gasteiger partial charge in [-0.3, -0.25) is 4.79 Å². The average molecular weight is 410 g/mol. The van der Waals surface area contributed by atoms with Gasteiger partial charge in [-0.15, -0.1) is 10.2 Å².